The number of allylic oxidation sites excluding steroid dienone is 2. The normalized spacial score (nSPS) is 11.8. The average Bonchev–Trinajstić information content (AvgIpc) is 2.89. The van der Waals surface area contributed by atoms with Gasteiger partial charge in [-0.05, 0) is 68.7 Å². The first-order valence-corrected chi connectivity index (χ1v) is 18.5. The topological polar surface area (TPSA) is 132 Å². The Morgan fingerprint density at radius 2 is 1.15 bits per heavy atom. The minimum absolute atomic E-state index is 0.114. The van der Waals surface area contributed by atoms with Crippen molar-refractivity contribution in [1.29, 1.82) is 0 Å². The Kier molecular flexibility index (Phi) is 25.5. The lowest BCUT2D eigenvalue weighted by Gasteiger charge is -2.14. The molecule has 0 atom stereocenters. The Bertz CT molecular complexity index is 924. The lowest BCUT2D eigenvalue weighted by atomic mass is 9.96. The largest absolute Gasteiger partial charge is 0.692 e. The van der Waals surface area contributed by atoms with Crippen molar-refractivity contribution < 1.29 is 32.4 Å². The summed E-state index contributed by atoms with van der Waals surface area (Å²) in [6, 6.07) is 5.39. The van der Waals surface area contributed by atoms with Crippen LogP contribution in [-0.4, -0.2) is 27.9 Å². The Balaban J connectivity index is 0.00000373. The fourth-order valence-electron chi connectivity index (χ4n) is 5.17. The van der Waals surface area contributed by atoms with Gasteiger partial charge in [-0.25, -0.2) is 0 Å². The summed E-state index contributed by atoms with van der Waals surface area (Å²) < 4.78 is 42.6. The molecule has 0 fully saturated rings. The summed E-state index contributed by atoms with van der Waals surface area (Å²) in [6.07, 6.45) is 27.9. The zero-order valence-corrected chi connectivity index (χ0v) is 27.4. The van der Waals surface area contributed by atoms with Crippen LogP contribution < -0.4 is 0 Å². The molecule has 0 saturated carbocycles. The molecule has 1 aromatic carbocycles. The Hall–Kier alpha value is -1.31. The van der Waals surface area contributed by atoms with Crippen LogP contribution in [0.4, 0.5) is 0 Å². The van der Waals surface area contributed by atoms with Crippen LogP contribution in [-0.2, 0) is 27.5 Å². The highest BCUT2D eigenvalue weighted by atomic mass is 32.2. The molecule has 4 N–H and O–H groups in total. The molecule has 7 nitrogen and oxygen atoms in total. The molecule has 0 aliphatic carbocycles. The van der Waals surface area contributed by atoms with E-state index in [9.17, 15) is 13.0 Å². The van der Waals surface area contributed by atoms with Crippen molar-refractivity contribution in [2.24, 2.45) is 0 Å². The minimum Gasteiger partial charge on any atom is -0.513 e. The fraction of sp³-hybridized carbons (Fsp3) is 0.750. The number of unbranched alkanes of at least 4 members (excludes halogenated alkanes) is 18. The van der Waals surface area contributed by atoms with Crippen LogP contribution in [0.3, 0.4) is 0 Å². The third-order valence-electron chi connectivity index (χ3n) is 7.38. The number of aliphatic hydroxyl groups excluding tert-OH is 1. The van der Waals surface area contributed by atoms with E-state index in [-0.39, 0.29) is 4.90 Å². The standard InChI is InChI=1S/C32H56O4S.HO3P/c1-3-4-5-6-7-8-12-15-18-21-25-30-26-23-28-32(37(34,35)36)31(30)27-22-19-16-13-10-9-11-14-17-20-24-29(2)33;1-4(2)3/h23-24,26,28,33H,3-22,25,27H2,1-2H3,(H,34,35,36);(H-,1,2,3)/p+1. The zero-order chi connectivity index (χ0) is 30.8. The van der Waals surface area contributed by atoms with Crippen molar-refractivity contribution in [2.45, 2.75) is 160 Å². The molecule has 0 unspecified atom stereocenters. The van der Waals surface area contributed by atoms with E-state index in [1.807, 2.05) is 6.08 Å². The quantitative estimate of drug-likeness (QED) is 0.0393. The van der Waals surface area contributed by atoms with Crippen LogP contribution in [0.25, 0.3) is 0 Å². The number of aryl methyl sites for hydroxylation is 1. The van der Waals surface area contributed by atoms with Crippen molar-refractivity contribution in [3.8, 4) is 0 Å². The summed E-state index contributed by atoms with van der Waals surface area (Å²) in [6.45, 7) is 3.98. The number of hydrogen-bond acceptors (Lipinski definition) is 4. The number of benzene rings is 1. The summed E-state index contributed by atoms with van der Waals surface area (Å²) in [4.78, 5) is 14.4. The molecule has 238 valence electrons. The molecule has 0 aliphatic rings. The first-order chi connectivity index (χ1) is 19.6. The highest BCUT2D eigenvalue weighted by Gasteiger charge is 2.17. The van der Waals surface area contributed by atoms with Gasteiger partial charge in [0.25, 0.3) is 10.1 Å². The molecule has 9 heteroatoms. The second-order valence-electron chi connectivity index (χ2n) is 11.1. The summed E-state index contributed by atoms with van der Waals surface area (Å²) in [5.41, 5.74) is 1.94. The lowest BCUT2D eigenvalue weighted by Crippen LogP contribution is -2.07. The maximum Gasteiger partial charge on any atom is 0.692 e. The first kappa shape index (κ1) is 39.7. The molecule has 0 radical (unpaired) electrons. The molecule has 0 spiro atoms. The predicted octanol–water partition coefficient (Wildman–Crippen LogP) is 9.93. The second-order valence-corrected chi connectivity index (χ2v) is 13.0. The van der Waals surface area contributed by atoms with E-state index in [0.717, 1.165) is 56.1 Å². The number of hydrogen-bond donors (Lipinski definition) is 4. The zero-order valence-electron chi connectivity index (χ0n) is 25.7. The molecule has 0 heterocycles. The van der Waals surface area contributed by atoms with E-state index in [1.165, 1.54) is 96.3 Å². The van der Waals surface area contributed by atoms with Crippen molar-refractivity contribution in [3.63, 3.8) is 0 Å². The van der Waals surface area contributed by atoms with E-state index < -0.39 is 18.4 Å². The average molecular weight is 618 g/mol. The highest BCUT2D eigenvalue weighted by molar-refractivity contribution is 7.85. The molecule has 0 aliphatic heterocycles. The van der Waals surface area contributed by atoms with Crippen molar-refractivity contribution in [2.75, 3.05) is 0 Å². The van der Waals surface area contributed by atoms with E-state index in [2.05, 4.69) is 13.0 Å². The first-order valence-electron chi connectivity index (χ1n) is 15.9. The fourth-order valence-corrected chi connectivity index (χ4v) is 5.96. The molecule has 0 aromatic heterocycles. The molecule has 1 aromatic rings. The van der Waals surface area contributed by atoms with Gasteiger partial charge >= 0.3 is 8.25 Å². The van der Waals surface area contributed by atoms with Gasteiger partial charge < -0.3 is 5.11 Å². The molecule has 1 rings (SSSR count). The number of rotatable bonds is 24. The van der Waals surface area contributed by atoms with Gasteiger partial charge in [0, 0.05) is 4.57 Å². The van der Waals surface area contributed by atoms with Gasteiger partial charge in [0.05, 0.1) is 10.7 Å². The van der Waals surface area contributed by atoms with Gasteiger partial charge in [0.15, 0.2) is 0 Å². The summed E-state index contributed by atoms with van der Waals surface area (Å²) in [5.74, 6) is 0.421. The second kappa shape index (κ2) is 26.3. The van der Waals surface area contributed by atoms with Gasteiger partial charge in [-0.1, -0.05) is 122 Å². The molecule has 0 saturated heterocycles. The maximum absolute atomic E-state index is 12.0. The van der Waals surface area contributed by atoms with Crippen molar-refractivity contribution in [1.82, 2.24) is 0 Å². The van der Waals surface area contributed by atoms with Crippen LogP contribution in [0.1, 0.15) is 153 Å². The van der Waals surface area contributed by atoms with Crippen LogP contribution in [0, 0.1) is 0 Å². The van der Waals surface area contributed by atoms with Gasteiger partial charge in [-0.3, -0.25) is 4.55 Å². The van der Waals surface area contributed by atoms with Crippen LogP contribution in [0.2, 0.25) is 0 Å². The van der Waals surface area contributed by atoms with Crippen LogP contribution in [0.15, 0.2) is 34.9 Å². The van der Waals surface area contributed by atoms with Gasteiger partial charge in [-0.2, -0.15) is 8.42 Å². The monoisotopic (exact) mass is 617 g/mol. The number of aliphatic hydroxyl groups is 1. The molecule has 41 heavy (non-hydrogen) atoms. The third-order valence-corrected chi connectivity index (χ3v) is 8.32. The molecule has 0 amide bonds. The summed E-state index contributed by atoms with van der Waals surface area (Å²) in [5, 5.41) is 9.16. The summed E-state index contributed by atoms with van der Waals surface area (Å²) >= 11 is 0. The van der Waals surface area contributed by atoms with E-state index >= 15 is 0 Å². The SMILES string of the molecule is CCCCCCCCCCCCc1cccc(S(=O)(=O)O)c1CCCCCCCCCCCC=C(C)O.O=[P+](O)O. The van der Waals surface area contributed by atoms with E-state index in [1.54, 1.807) is 19.1 Å². The van der Waals surface area contributed by atoms with Crippen LogP contribution in [0.5, 0.6) is 0 Å². The summed E-state index contributed by atoms with van der Waals surface area (Å²) in [7, 11) is -7.07. The van der Waals surface area contributed by atoms with Crippen molar-refractivity contribution in [3.05, 3.63) is 41.2 Å². The maximum atomic E-state index is 12.0. The van der Waals surface area contributed by atoms with E-state index in [0.29, 0.717) is 5.76 Å². The molecular formula is C32H58O7PS+. The van der Waals surface area contributed by atoms with E-state index in [4.69, 9.17) is 19.5 Å². The van der Waals surface area contributed by atoms with Crippen molar-refractivity contribution >= 4 is 18.4 Å². The Morgan fingerprint density at radius 3 is 1.59 bits per heavy atom. The Morgan fingerprint density at radius 1 is 0.732 bits per heavy atom. The molecule has 0 bridgehead atoms. The highest BCUT2D eigenvalue weighted by Crippen LogP contribution is 2.25. The smallest absolute Gasteiger partial charge is 0.513 e. The lowest BCUT2D eigenvalue weighted by molar-refractivity contribution is 0.405. The Labute approximate surface area is 251 Å². The third kappa shape index (κ3) is 24.9. The minimum atomic E-state index is -4.20. The van der Waals surface area contributed by atoms with Gasteiger partial charge in [-0.15, -0.1) is 9.79 Å². The predicted molar refractivity (Wildman–Crippen MR) is 170 cm³/mol. The van der Waals surface area contributed by atoms with Gasteiger partial charge in [0.1, 0.15) is 0 Å². The van der Waals surface area contributed by atoms with Crippen LogP contribution >= 0.6 is 8.25 Å². The molecular weight excluding hydrogens is 559 g/mol. The van der Waals surface area contributed by atoms with Gasteiger partial charge in [0.2, 0.25) is 0 Å².